The summed E-state index contributed by atoms with van der Waals surface area (Å²) in [5.41, 5.74) is 4.35. The predicted octanol–water partition coefficient (Wildman–Crippen LogP) is 3.25. The lowest BCUT2D eigenvalue weighted by Gasteiger charge is -2.19. The van der Waals surface area contributed by atoms with E-state index in [9.17, 15) is 8.42 Å². The molecule has 1 aliphatic rings. The van der Waals surface area contributed by atoms with Crippen molar-refractivity contribution in [2.45, 2.75) is 26.0 Å². The first-order valence-electron chi connectivity index (χ1n) is 8.76. The summed E-state index contributed by atoms with van der Waals surface area (Å²) >= 11 is 0. The third kappa shape index (κ3) is 4.83. The van der Waals surface area contributed by atoms with E-state index >= 15 is 0 Å². The van der Waals surface area contributed by atoms with Crippen molar-refractivity contribution in [3.63, 3.8) is 0 Å². The Bertz CT molecular complexity index is 816. The van der Waals surface area contributed by atoms with Gasteiger partial charge in [-0.3, -0.25) is 0 Å². The van der Waals surface area contributed by atoms with Gasteiger partial charge in [0, 0.05) is 25.3 Å². The maximum atomic E-state index is 12.4. The van der Waals surface area contributed by atoms with Gasteiger partial charge in [0.15, 0.2) is 0 Å². The van der Waals surface area contributed by atoms with Crippen LogP contribution in [0.1, 0.15) is 23.1 Å². The number of hydrogen-bond acceptors (Lipinski definition) is 3. The van der Waals surface area contributed by atoms with E-state index in [4.69, 9.17) is 0 Å². The number of aryl methyl sites for hydroxylation is 2. The summed E-state index contributed by atoms with van der Waals surface area (Å²) in [5.74, 6) is 0.404. The van der Waals surface area contributed by atoms with Gasteiger partial charge < -0.3 is 4.90 Å². The standard InChI is InChI=1S/C20H26N2O2S/c1-16-7-9-20(10-8-16)22-12-11-18(14-22)13-21-25(23,24)15-19-6-4-3-5-17(19)2/h3-10,18,21H,11-15H2,1-2H3. The van der Waals surface area contributed by atoms with Crippen molar-refractivity contribution < 1.29 is 8.42 Å². The number of nitrogens with one attached hydrogen (secondary N) is 1. The molecule has 0 bridgehead atoms. The van der Waals surface area contributed by atoms with Crippen molar-refractivity contribution in [1.29, 1.82) is 0 Å². The van der Waals surface area contributed by atoms with E-state index in [0.29, 0.717) is 12.5 Å². The van der Waals surface area contributed by atoms with Gasteiger partial charge in [0.05, 0.1) is 5.75 Å². The SMILES string of the molecule is Cc1ccc(N2CCC(CNS(=O)(=O)Cc3ccccc3C)C2)cc1. The van der Waals surface area contributed by atoms with Crippen LogP contribution in [0.3, 0.4) is 0 Å². The number of anilines is 1. The third-order valence-electron chi connectivity index (χ3n) is 4.88. The van der Waals surface area contributed by atoms with E-state index in [2.05, 4.69) is 40.8 Å². The number of benzene rings is 2. The highest BCUT2D eigenvalue weighted by Crippen LogP contribution is 2.24. The molecule has 4 nitrogen and oxygen atoms in total. The molecule has 1 aliphatic heterocycles. The summed E-state index contributed by atoms with van der Waals surface area (Å²) in [6.07, 6.45) is 1.01. The fourth-order valence-electron chi connectivity index (χ4n) is 3.26. The van der Waals surface area contributed by atoms with E-state index in [0.717, 1.165) is 30.6 Å². The summed E-state index contributed by atoms with van der Waals surface area (Å²) in [7, 11) is -3.30. The van der Waals surface area contributed by atoms with Crippen LogP contribution in [0.5, 0.6) is 0 Å². The number of nitrogens with zero attached hydrogens (tertiary/aromatic N) is 1. The molecule has 1 heterocycles. The zero-order valence-corrected chi connectivity index (χ0v) is 15.7. The molecule has 25 heavy (non-hydrogen) atoms. The molecule has 1 atom stereocenters. The van der Waals surface area contributed by atoms with E-state index in [1.807, 2.05) is 31.2 Å². The van der Waals surface area contributed by atoms with Crippen LogP contribution in [0.4, 0.5) is 5.69 Å². The van der Waals surface area contributed by atoms with Crippen LogP contribution < -0.4 is 9.62 Å². The van der Waals surface area contributed by atoms with E-state index in [-0.39, 0.29) is 5.75 Å². The molecule has 0 saturated carbocycles. The van der Waals surface area contributed by atoms with Crippen molar-refractivity contribution >= 4 is 15.7 Å². The van der Waals surface area contributed by atoms with Crippen LogP contribution in [0.25, 0.3) is 0 Å². The highest BCUT2D eigenvalue weighted by atomic mass is 32.2. The van der Waals surface area contributed by atoms with Crippen molar-refractivity contribution in [1.82, 2.24) is 4.72 Å². The zero-order valence-electron chi connectivity index (χ0n) is 14.9. The van der Waals surface area contributed by atoms with Gasteiger partial charge in [0.2, 0.25) is 10.0 Å². The van der Waals surface area contributed by atoms with Gasteiger partial charge in [0.25, 0.3) is 0 Å². The Morgan fingerprint density at radius 1 is 1.08 bits per heavy atom. The molecule has 134 valence electrons. The zero-order chi connectivity index (χ0) is 17.9. The molecule has 0 spiro atoms. The van der Waals surface area contributed by atoms with Gasteiger partial charge in [-0.15, -0.1) is 0 Å². The predicted molar refractivity (Wildman–Crippen MR) is 103 cm³/mol. The largest absolute Gasteiger partial charge is 0.371 e. The molecule has 0 radical (unpaired) electrons. The number of rotatable bonds is 6. The first-order chi connectivity index (χ1) is 11.9. The highest BCUT2D eigenvalue weighted by molar-refractivity contribution is 7.88. The Balaban J connectivity index is 1.53. The first kappa shape index (κ1) is 18.0. The van der Waals surface area contributed by atoms with Crippen LogP contribution in [0.2, 0.25) is 0 Å². The Morgan fingerprint density at radius 3 is 2.52 bits per heavy atom. The van der Waals surface area contributed by atoms with Crippen molar-refractivity contribution in [2.24, 2.45) is 5.92 Å². The van der Waals surface area contributed by atoms with Crippen molar-refractivity contribution in [2.75, 3.05) is 24.5 Å². The highest BCUT2D eigenvalue weighted by Gasteiger charge is 2.24. The van der Waals surface area contributed by atoms with Gasteiger partial charge in [-0.1, -0.05) is 42.0 Å². The van der Waals surface area contributed by atoms with Gasteiger partial charge in [-0.25, -0.2) is 13.1 Å². The van der Waals surface area contributed by atoms with Crippen LogP contribution in [-0.2, 0) is 15.8 Å². The van der Waals surface area contributed by atoms with Crippen LogP contribution in [0.15, 0.2) is 48.5 Å². The molecule has 2 aromatic rings. The van der Waals surface area contributed by atoms with Crippen LogP contribution in [-0.4, -0.2) is 28.1 Å². The van der Waals surface area contributed by atoms with Gasteiger partial charge >= 0.3 is 0 Å². The Labute approximate surface area is 150 Å². The second-order valence-corrected chi connectivity index (χ2v) is 8.78. The van der Waals surface area contributed by atoms with Gasteiger partial charge in [-0.05, 0) is 49.4 Å². The Hall–Kier alpha value is -1.85. The quantitative estimate of drug-likeness (QED) is 0.862. The summed E-state index contributed by atoms with van der Waals surface area (Å²) in [5, 5.41) is 0. The molecule has 1 fully saturated rings. The molecule has 2 aromatic carbocycles. The maximum absolute atomic E-state index is 12.4. The fraction of sp³-hybridized carbons (Fsp3) is 0.400. The first-order valence-corrected chi connectivity index (χ1v) is 10.4. The fourth-order valence-corrected chi connectivity index (χ4v) is 4.59. The molecule has 1 saturated heterocycles. The molecule has 1 N–H and O–H groups in total. The third-order valence-corrected chi connectivity index (χ3v) is 6.18. The molecule has 0 amide bonds. The molecule has 0 aromatic heterocycles. The topological polar surface area (TPSA) is 49.4 Å². The minimum absolute atomic E-state index is 0.0497. The summed E-state index contributed by atoms with van der Waals surface area (Å²) in [6, 6.07) is 16.1. The lowest BCUT2D eigenvalue weighted by atomic mass is 10.1. The Morgan fingerprint density at radius 2 is 1.80 bits per heavy atom. The molecular formula is C20H26N2O2S. The minimum atomic E-state index is -3.30. The van der Waals surface area contributed by atoms with E-state index in [1.54, 1.807) is 0 Å². The van der Waals surface area contributed by atoms with Crippen LogP contribution in [0, 0.1) is 19.8 Å². The second-order valence-electron chi connectivity index (χ2n) is 6.97. The maximum Gasteiger partial charge on any atom is 0.215 e. The number of sulfonamides is 1. The molecule has 5 heteroatoms. The van der Waals surface area contributed by atoms with Crippen molar-refractivity contribution in [3.8, 4) is 0 Å². The van der Waals surface area contributed by atoms with Crippen molar-refractivity contribution in [3.05, 3.63) is 65.2 Å². The van der Waals surface area contributed by atoms with Crippen LogP contribution >= 0.6 is 0 Å². The molecule has 1 unspecified atom stereocenters. The summed E-state index contributed by atoms with van der Waals surface area (Å²) < 4.78 is 27.5. The minimum Gasteiger partial charge on any atom is -0.371 e. The lowest BCUT2D eigenvalue weighted by molar-refractivity contribution is 0.541. The Kier molecular flexibility index (Phi) is 5.45. The molecular weight excluding hydrogens is 332 g/mol. The normalized spacial score (nSPS) is 17.8. The summed E-state index contributed by atoms with van der Waals surface area (Å²) in [4.78, 5) is 2.33. The van der Waals surface area contributed by atoms with E-state index < -0.39 is 10.0 Å². The second kappa shape index (κ2) is 7.58. The lowest BCUT2D eigenvalue weighted by Crippen LogP contribution is -2.32. The van der Waals surface area contributed by atoms with Gasteiger partial charge in [0.1, 0.15) is 0 Å². The number of hydrogen-bond donors (Lipinski definition) is 1. The van der Waals surface area contributed by atoms with E-state index in [1.165, 1.54) is 11.3 Å². The average molecular weight is 359 g/mol. The summed E-state index contributed by atoms with van der Waals surface area (Å²) in [6.45, 7) is 6.42. The molecule has 0 aliphatic carbocycles. The monoisotopic (exact) mass is 358 g/mol. The van der Waals surface area contributed by atoms with Gasteiger partial charge in [-0.2, -0.15) is 0 Å². The smallest absolute Gasteiger partial charge is 0.215 e. The molecule has 3 rings (SSSR count). The average Bonchev–Trinajstić information content (AvgIpc) is 3.05.